The predicted octanol–water partition coefficient (Wildman–Crippen LogP) is 3.96. The lowest BCUT2D eigenvalue weighted by Gasteiger charge is -2.12. The van der Waals surface area contributed by atoms with Crippen LogP contribution in [0.1, 0.15) is 35.7 Å². The smallest absolute Gasteiger partial charge is 0.238 e. The van der Waals surface area contributed by atoms with Crippen molar-refractivity contribution in [2.24, 2.45) is 0 Å². The van der Waals surface area contributed by atoms with Gasteiger partial charge in [-0.1, -0.05) is 11.6 Å². The van der Waals surface area contributed by atoms with E-state index < -0.39 is 0 Å². The second-order valence-electron chi connectivity index (χ2n) is 5.40. The van der Waals surface area contributed by atoms with Crippen LogP contribution in [0.3, 0.4) is 0 Å². The summed E-state index contributed by atoms with van der Waals surface area (Å²) in [4.78, 5) is 8.79. The van der Waals surface area contributed by atoms with Crippen LogP contribution < -0.4 is 10.1 Å². The molecule has 1 aliphatic heterocycles. The average Bonchev–Trinajstić information content (AvgIpc) is 2.99. The van der Waals surface area contributed by atoms with E-state index >= 15 is 0 Å². The molecule has 0 amide bonds. The molecule has 2 aromatic rings. The van der Waals surface area contributed by atoms with Crippen LogP contribution in [0, 0.1) is 13.8 Å². The lowest BCUT2D eigenvalue weighted by Crippen LogP contribution is -2.14. The maximum absolute atomic E-state index is 6.17. The second kappa shape index (κ2) is 6.00. The maximum Gasteiger partial charge on any atom is 0.238 e. The number of nitrogens with one attached hydrogen (secondary N) is 1. The normalized spacial score (nSPS) is 18.0. The number of halogens is 1. The molecule has 110 valence electrons. The van der Waals surface area contributed by atoms with Gasteiger partial charge in [0.05, 0.1) is 24.1 Å². The summed E-state index contributed by atoms with van der Waals surface area (Å²) < 4.78 is 5.84. The summed E-state index contributed by atoms with van der Waals surface area (Å²) in [5.41, 5.74) is 2.92. The number of aromatic nitrogens is 2. The van der Waals surface area contributed by atoms with Crippen molar-refractivity contribution in [3.63, 3.8) is 0 Å². The topological polar surface area (TPSA) is 47.0 Å². The summed E-state index contributed by atoms with van der Waals surface area (Å²) in [6.45, 7) is 4.96. The Labute approximate surface area is 129 Å². The van der Waals surface area contributed by atoms with Crippen LogP contribution in [-0.2, 0) is 0 Å². The first-order chi connectivity index (χ1) is 10.1. The van der Waals surface area contributed by atoms with Gasteiger partial charge in [-0.2, -0.15) is 0 Å². The van der Waals surface area contributed by atoms with Crippen LogP contribution in [-0.4, -0.2) is 16.5 Å². The van der Waals surface area contributed by atoms with Crippen molar-refractivity contribution >= 4 is 11.6 Å². The molecule has 0 aliphatic carbocycles. The zero-order valence-corrected chi connectivity index (χ0v) is 12.9. The predicted molar refractivity (Wildman–Crippen MR) is 83.0 cm³/mol. The Morgan fingerprint density at radius 1 is 1.24 bits per heavy atom. The minimum absolute atomic E-state index is 0.287. The molecule has 0 bridgehead atoms. The zero-order chi connectivity index (χ0) is 14.8. The second-order valence-corrected chi connectivity index (χ2v) is 5.78. The fourth-order valence-corrected chi connectivity index (χ4v) is 2.71. The molecule has 1 aromatic carbocycles. The van der Waals surface area contributed by atoms with Gasteiger partial charge in [-0.15, -0.1) is 0 Å². The number of hydrogen-bond donors (Lipinski definition) is 1. The Bertz CT molecular complexity index is 631. The van der Waals surface area contributed by atoms with Crippen molar-refractivity contribution in [3.8, 4) is 11.6 Å². The van der Waals surface area contributed by atoms with Crippen LogP contribution in [0.25, 0.3) is 0 Å². The molecular weight excluding hydrogens is 286 g/mol. The largest absolute Gasteiger partial charge is 0.437 e. The highest BCUT2D eigenvalue weighted by atomic mass is 35.5. The highest BCUT2D eigenvalue weighted by Crippen LogP contribution is 2.29. The van der Waals surface area contributed by atoms with E-state index in [1.165, 1.54) is 6.42 Å². The maximum atomic E-state index is 6.17. The van der Waals surface area contributed by atoms with Gasteiger partial charge in [0.25, 0.3) is 0 Å². The van der Waals surface area contributed by atoms with E-state index in [4.69, 9.17) is 16.3 Å². The van der Waals surface area contributed by atoms with Crippen molar-refractivity contribution < 1.29 is 4.74 Å². The molecular formula is C16H18ClN3O. The summed E-state index contributed by atoms with van der Waals surface area (Å²) in [5, 5.41) is 4.19. The quantitative estimate of drug-likeness (QED) is 0.932. The van der Waals surface area contributed by atoms with Gasteiger partial charge < -0.3 is 10.1 Å². The summed E-state index contributed by atoms with van der Waals surface area (Å²) in [7, 11) is 0. The Morgan fingerprint density at radius 2 is 2.00 bits per heavy atom. The first kappa shape index (κ1) is 14.3. The first-order valence-corrected chi connectivity index (χ1v) is 7.51. The molecule has 0 radical (unpaired) electrons. The Morgan fingerprint density at radius 3 is 2.67 bits per heavy atom. The van der Waals surface area contributed by atoms with Gasteiger partial charge in [0.1, 0.15) is 5.75 Å². The van der Waals surface area contributed by atoms with Gasteiger partial charge in [-0.3, -0.25) is 4.98 Å². The summed E-state index contributed by atoms with van der Waals surface area (Å²) in [6, 6.07) is 4.12. The first-order valence-electron chi connectivity index (χ1n) is 7.13. The fourth-order valence-electron chi connectivity index (χ4n) is 2.60. The van der Waals surface area contributed by atoms with E-state index in [-0.39, 0.29) is 6.04 Å². The lowest BCUT2D eigenvalue weighted by atomic mass is 10.1. The van der Waals surface area contributed by atoms with Crippen LogP contribution >= 0.6 is 11.6 Å². The standard InChI is InChI=1S/C16H18ClN3O/c1-10-6-12(7-11(2)16(10)17)21-15-9-18-8-14(20-15)13-4-3-5-19-13/h6-9,13,19H,3-5H2,1-2H3. The third kappa shape index (κ3) is 3.17. The molecule has 1 unspecified atom stereocenters. The number of aryl methyl sites for hydroxylation is 2. The monoisotopic (exact) mass is 303 g/mol. The van der Waals surface area contributed by atoms with Crippen molar-refractivity contribution in [3.05, 3.63) is 46.4 Å². The molecule has 1 N–H and O–H groups in total. The summed E-state index contributed by atoms with van der Waals surface area (Å²) in [6.07, 6.45) is 5.70. The lowest BCUT2D eigenvalue weighted by molar-refractivity contribution is 0.452. The Balaban J connectivity index is 1.83. The highest BCUT2D eigenvalue weighted by Gasteiger charge is 2.18. The van der Waals surface area contributed by atoms with Crippen molar-refractivity contribution in [1.82, 2.24) is 15.3 Å². The minimum Gasteiger partial charge on any atom is -0.437 e. The van der Waals surface area contributed by atoms with E-state index in [1.807, 2.05) is 26.0 Å². The van der Waals surface area contributed by atoms with E-state index in [2.05, 4.69) is 15.3 Å². The molecule has 5 heteroatoms. The van der Waals surface area contributed by atoms with Gasteiger partial charge in [0.2, 0.25) is 5.88 Å². The number of nitrogens with zero attached hydrogens (tertiary/aromatic N) is 2. The molecule has 21 heavy (non-hydrogen) atoms. The average molecular weight is 304 g/mol. The molecule has 3 rings (SSSR count). The van der Waals surface area contributed by atoms with E-state index in [1.54, 1.807) is 12.4 Å². The highest BCUT2D eigenvalue weighted by molar-refractivity contribution is 6.32. The van der Waals surface area contributed by atoms with E-state index in [9.17, 15) is 0 Å². The van der Waals surface area contributed by atoms with Crippen LogP contribution in [0.15, 0.2) is 24.5 Å². The zero-order valence-electron chi connectivity index (χ0n) is 12.2. The van der Waals surface area contributed by atoms with Crippen molar-refractivity contribution in [2.75, 3.05) is 6.54 Å². The molecule has 1 saturated heterocycles. The molecule has 2 heterocycles. The number of ether oxygens (including phenoxy) is 1. The Hall–Kier alpha value is -1.65. The number of benzene rings is 1. The molecule has 0 saturated carbocycles. The van der Waals surface area contributed by atoms with Crippen LogP contribution in [0.2, 0.25) is 5.02 Å². The summed E-state index contributed by atoms with van der Waals surface area (Å²) in [5.74, 6) is 1.25. The summed E-state index contributed by atoms with van der Waals surface area (Å²) >= 11 is 6.17. The molecule has 1 fully saturated rings. The van der Waals surface area contributed by atoms with Gasteiger partial charge in [0.15, 0.2) is 0 Å². The molecule has 1 aliphatic rings. The molecule has 1 atom stereocenters. The van der Waals surface area contributed by atoms with Gasteiger partial charge in [0, 0.05) is 5.02 Å². The van der Waals surface area contributed by atoms with Crippen molar-refractivity contribution in [2.45, 2.75) is 32.7 Å². The van der Waals surface area contributed by atoms with Crippen LogP contribution in [0.5, 0.6) is 11.6 Å². The number of hydrogen-bond acceptors (Lipinski definition) is 4. The van der Waals surface area contributed by atoms with Gasteiger partial charge >= 0.3 is 0 Å². The number of rotatable bonds is 3. The molecule has 4 nitrogen and oxygen atoms in total. The SMILES string of the molecule is Cc1cc(Oc2cncc(C3CCCN3)n2)cc(C)c1Cl. The van der Waals surface area contributed by atoms with Crippen LogP contribution in [0.4, 0.5) is 0 Å². The molecule has 1 aromatic heterocycles. The fraction of sp³-hybridized carbons (Fsp3) is 0.375. The van der Waals surface area contributed by atoms with E-state index in [0.29, 0.717) is 5.88 Å². The minimum atomic E-state index is 0.287. The molecule has 0 spiro atoms. The van der Waals surface area contributed by atoms with E-state index in [0.717, 1.165) is 40.6 Å². The van der Waals surface area contributed by atoms with Gasteiger partial charge in [-0.25, -0.2) is 4.98 Å². The Kier molecular flexibility index (Phi) is 4.08. The third-order valence-electron chi connectivity index (χ3n) is 3.68. The third-order valence-corrected chi connectivity index (χ3v) is 4.28. The van der Waals surface area contributed by atoms with Crippen molar-refractivity contribution in [1.29, 1.82) is 0 Å². The van der Waals surface area contributed by atoms with Gasteiger partial charge in [-0.05, 0) is 56.5 Å².